The molecule has 2 aliphatic heterocycles. The topological polar surface area (TPSA) is 58.6 Å². The minimum absolute atomic E-state index is 0.280. The van der Waals surface area contributed by atoms with E-state index in [0.29, 0.717) is 16.5 Å². The maximum absolute atomic E-state index is 13.4. The molecule has 5 nitrogen and oxygen atoms in total. The van der Waals surface area contributed by atoms with Crippen LogP contribution in [0, 0.1) is 0 Å². The summed E-state index contributed by atoms with van der Waals surface area (Å²) in [5.74, 6) is -0.619. The number of nitrogens with one attached hydrogen (secondary N) is 1. The minimum Gasteiger partial charge on any atom is -0.377 e. The van der Waals surface area contributed by atoms with E-state index in [0.717, 1.165) is 29.7 Å². The molecule has 2 unspecified atom stereocenters. The lowest BCUT2D eigenvalue weighted by Crippen LogP contribution is -2.39. The molecule has 3 heterocycles. The van der Waals surface area contributed by atoms with Crippen molar-refractivity contribution >= 4 is 52.1 Å². The van der Waals surface area contributed by atoms with Gasteiger partial charge in [-0.25, -0.2) is 5.01 Å². The van der Waals surface area contributed by atoms with Gasteiger partial charge >= 0.3 is 0 Å². The predicted octanol–water partition coefficient (Wildman–Crippen LogP) is 5.33. The number of nitrogens with zero attached hydrogens (tertiary/aromatic N) is 1. The van der Waals surface area contributed by atoms with Gasteiger partial charge in [0.2, 0.25) is 0 Å². The van der Waals surface area contributed by atoms with Crippen molar-refractivity contribution in [3.8, 4) is 0 Å². The molecular weight excluding hydrogens is 476 g/mol. The summed E-state index contributed by atoms with van der Waals surface area (Å²) in [5.41, 5.74) is 7.12. The van der Waals surface area contributed by atoms with Gasteiger partial charge in [-0.2, -0.15) is 11.3 Å². The number of carbonyl (C=O) groups excluding carboxylic acids is 2. The Morgan fingerprint density at radius 3 is 2.61 bits per heavy atom. The molecule has 0 saturated carbocycles. The zero-order valence-corrected chi connectivity index (χ0v) is 20.0. The second-order valence-corrected chi connectivity index (χ2v) is 10.1. The van der Waals surface area contributed by atoms with E-state index in [2.05, 4.69) is 23.6 Å². The van der Waals surface area contributed by atoms with Crippen LogP contribution in [0.4, 0.5) is 0 Å². The number of hydrazine groups is 1. The Morgan fingerprint density at radius 2 is 1.91 bits per heavy atom. The van der Waals surface area contributed by atoms with Crippen LogP contribution in [-0.2, 0) is 14.3 Å². The number of thiophene rings is 1. The van der Waals surface area contributed by atoms with Gasteiger partial charge in [0.05, 0.1) is 18.2 Å². The third kappa shape index (κ3) is 4.59. The lowest BCUT2D eigenvalue weighted by atomic mass is 9.96. The van der Waals surface area contributed by atoms with Crippen molar-refractivity contribution in [1.82, 2.24) is 10.4 Å². The summed E-state index contributed by atoms with van der Waals surface area (Å²) in [6, 6.07) is 17.0. The SMILES string of the molecule is O=C1NN(C(c2ccc(C3=CCOCC3)cc2)c2ccsc2)C(=O)C1Sc1ccccc1Cl. The maximum atomic E-state index is 13.4. The molecule has 2 atom stereocenters. The highest BCUT2D eigenvalue weighted by atomic mass is 35.5. The smallest absolute Gasteiger partial charge is 0.265 e. The van der Waals surface area contributed by atoms with E-state index in [1.165, 1.54) is 22.3 Å². The average Bonchev–Trinajstić information content (AvgIpc) is 3.46. The molecule has 2 amide bonds. The van der Waals surface area contributed by atoms with Gasteiger partial charge < -0.3 is 4.74 Å². The van der Waals surface area contributed by atoms with Crippen molar-refractivity contribution in [2.45, 2.75) is 22.6 Å². The highest BCUT2D eigenvalue weighted by molar-refractivity contribution is 8.01. The lowest BCUT2D eigenvalue weighted by Gasteiger charge is -2.27. The average molecular weight is 497 g/mol. The summed E-state index contributed by atoms with van der Waals surface area (Å²) in [7, 11) is 0. The van der Waals surface area contributed by atoms with Crippen molar-refractivity contribution in [3.63, 3.8) is 0 Å². The van der Waals surface area contributed by atoms with Gasteiger partial charge in [0, 0.05) is 4.90 Å². The number of rotatable bonds is 6. The second kappa shape index (κ2) is 9.73. The summed E-state index contributed by atoms with van der Waals surface area (Å²) in [4.78, 5) is 26.9. The molecule has 33 heavy (non-hydrogen) atoms. The Labute approximate surface area is 205 Å². The highest BCUT2D eigenvalue weighted by Gasteiger charge is 2.44. The molecule has 1 N–H and O–H groups in total. The molecule has 0 bridgehead atoms. The van der Waals surface area contributed by atoms with Crippen LogP contribution in [0.15, 0.2) is 76.3 Å². The molecule has 0 radical (unpaired) electrons. The fourth-order valence-electron chi connectivity index (χ4n) is 4.02. The molecule has 2 aliphatic rings. The van der Waals surface area contributed by atoms with Crippen molar-refractivity contribution in [2.24, 2.45) is 0 Å². The minimum atomic E-state index is -0.891. The van der Waals surface area contributed by atoms with Crippen LogP contribution in [0.1, 0.15) is 29.2 Å². The fraction of sp³-hybridized carbons (Fsp3) is 0.200. The zero-order valence-electron chi connectivity index (χ0n) is 17.6. The number of ether oxygens (including phenoxy) is 1. The first-order chi connectivity index (χ1) is 16.1. The fourth-order valence-corrected chi connectivity index (χ4v) is 5.94. The van der Waals surface area contributed by atoms with Gasteiger partial charge in [0.1, 0.15) is 6.04 Å². The van der Waals surface area contributed by atoms with E-state index in [4.69, 9.17) is 16.3 Å². The molecule has 0 aliphatic carbocycles. The van der Waals surface area contributed by atoms with Gasteiger partial charge in [0.15, 0.2) is 5.25 Å². The van der Waals surface area contributed by atoms with Crippen LogP contribution in [0.2, 0.25) is 5.02 Å². The standard InChI is InChI=1S/C25H21ClN2O3S2/c26-20-3-1-2-4-21(20)33-23-24(29)27-28(25(23)30)22(19-11-14-32-15-19)18-7-5-16(6-8-18)17-9-12-31-13-10-17/h1-9,11,14-15,22-23H,10,12-13H2,(H,27,29). The van der Waals surface area contributed by atoms with Gasteiger partial charge in [-0.05, 0) is 57.6 Å². The lowest BCUT2D eigenvalue weighted by molar-refractivity contribution is -0.131. The molecule has 1 aromatic heterocycles. The van der Waals surface area contributed by atoms with Crippen molar-refractivity contribution in [3.05, 3.63) is 93.1 Å². The molecule has 1 fully saturated rings. The van der Waals surface area contributed by atoms with Crippen molar-refractivity contribution < 1.29 is 14.3 Å². The molecular formula is C25H21ClN2O3S2. The van der Waals surface area contributed by atoms with E-state index in [-0.39, 0.29) is 11.8 Å². The number of benzene rings is 2. The number of amides is 2. The molecule has 1 saturated heterocycles. The Morgan fingerprint density at radius 1 is 1.09 bits per heavy atom. The number of thioether (sulfide) groups is 1. The highest BCUT2D eigenvalue weighted by Crippen LogP contribution is 2.37. The third-order valence-electron chi connectivity index (χ3n) is 5.69. The number of hydrogen-bond acceptors (Lipinski definition) is 5. The number of carbonyl (C=O) groups is 2. The van der Waals surface area contributed by atoms with Crippen LogP contribution < -0.4 is 5.43 Å². The molecule has 2 aromatic carbocycles. The number of halogens is 1. The van der Waals surface area contributed by atoms with Crippen LogP contribution in [0.5, 0.6) is 0 Å². The van der Waals surface area contributed by atoms with E-state index < -0.39 is 11.3 Å². The van der Waals surface area contributed by atoms with Crippen LogP contribution in [-0.4, -0.2) is 35.3 Å². The van der Waals surface area contributed by atoms with E-state index in [9.17, 15) is 9.59 Å². The Balaban J connectivity index is 1.44. The molecule has 168 valence electrons. The summed E-state index contributed by atoms with van der Waals surface area (Å²) in [6.07, 6.45) is 2.99. The molecule has 8 heteroatoms. The first kappa shape index (κ1) is 22.2. The summed E-state index contributed by atoms with van der Waals surface area (Å²) >= 11 is 9.00. The predicted molar refractivity (Wildman–Crippen MR) is 132 cm³/mol. The molecule has 3 aromatic rings. The monoisotopic (exact) mass is 496 g/mol. The van der Waals surface area contributed by atoms with Crippen LogP contribution >= 0.6 is 34.7 Å². The van der Waals surface area contributed by atoms with Crippen molar-refractivity contribution in [1.29, 1.82) is 0 Å². The third-order valence-corrected chi connectivity index (χ3v) is 8.09. The van der Waals surface area contributed by atoms with E-state index in [1.54, 1.807) is 17.4 Å². The largest absolute Gasteiger partial charge is 0.377 e. The number of hydrogen-bond donors (Lipinski definition) is 1. The summed E-state index contributed by atoms with van der Waals surface area (Å²) in [5, 5.41) is 5.07. The first-order valence-electron chi connectivity index (χ1n) is 10.6. The van der Waals surface area contributed by atoms with Crippen LogP contribution in [0.3, 0.4) is 0 Å². The zero-order chi connectivity index (χ0) is 22.8. The van der Waals surface area contributed by atoms with E-state index in [1.807, 2.05) is 47.2 Å². The molecule has 0 spiro atoms. The molecule has 5 rings (SSSR count). The first-order valence-corrected chi connectivity index (χ1v) is 12.8. The summed E-state index contributed by atoms with van der Waals surface area (Å²) < 4.78 is 5.41. The van der Waals surface area contributed by atoms with E-state index >= 15 is 0 Å². The Kier molecular flexibility index (Phi) is 6.55. The van der Waals surface area contributed by atoms with Gasteiger partial charge in [-0.15, -0.1) is 11.8 Å². The normalized spacial score (nSPS) is 19.4. The maximum Gasteiger partial charge on any atom is 0.265 e. The Bertz CT molecular complexity index is 1190. The second-order valence-electron chi connectivity index (χ2n) is 7.75. The van der Waals surface area contributed by atoms with Gasteiger partial charge in [-0.3, -0.25) is 15.0 Å². The quantitative estimate of drug-likeness (QED) is 0.469. The summed E-state index contributed by atoms with van der Waals surface area (Å²) in [6.45, 7) is 1.36. The Hall–Kier alpha value is -2.58. The van der Waals surface area contributed by atoms with Gasteiger partial charge in [0.25, 0.3) is 11.8 Å². The van der Waals surface area contributed by atoms with Crippen molar-refractivity contribution in [2.75, 3.05) is 13.2 Å². The van der Waals surface area contributed by atoms with Crippen LogP contribution in [0.25, 0.3) is 5.57 Å². The van der Waals surface area contributed by atoms with Gasteiger partial charge in [-0.1, -0.05) is 54.1 Å².